The number of nitrogens with zero attached hydrogens (tertiary/aromatic N) is 2. The van der Waals surface area contributed by atoms with Gasteiger partial charge in [-0.15, -0.1) is 12.7 Å². The Morgan fingerprint density at radius 3 is 1.79 bits per heavy atom. The van der Waals surface area contributed by atoms with E-state index in [1.165, 1.54) is 24.3 Å². The van der Waals surface area contributed by atoms with Gasteiger partial charge in [-0.2, -0.15) is 13.2 Å². The van der Waals surface area contributed by atoms with Crippen molar-refractivity contribution in [3.63, 3.8) is 0 Å². The third-order valence-electron chi connectivity index (χ3n) is 3.49. The van der Waals surface area contributed by atoms with Gasteiger partial charge in [0.1, 0.15) is 11.8 Å². The van der Waals surface area contributed by atoms with E-state index in [0.717, 1.165) is 0 Å². The van der Waals surface area contributed by atoms with Crippen molar-refractivity contribution in [2.75, 3.05) is 4.90 Å². The number of terminal acetylenes is 1. The van der Waals surface area contributed by atoms with Crippen LogP contribution >= 0.6 is 0 Å². The summed E-state index contributed by atoms with van der Waals surface area (Å²) in [5.41, 5.74) is -1.20. The molecule has 1 aliphatic heterocycles. The van der Waals surface area contributed by atoms with Crippen LogP contribution in [0, 0.1) is 107 Å². The Morgan fingerprint density at radius 2 is 1.32 bits per heavy atom. The average molecular weight is 510 g/mol. The van der Waals surface area contributed by atoms with Crippen molar-refractivity contribution in [2.24, 2.45) is 4.99 Å². The predicted octanol–water partition coefficient (Wildman–Crippen LogP) is -1.80. The molecule has 1 aliphatic rings. The van der Waals surface area contributed by atoms with Gasteiger partial charge in [0.25, 0.3) is 5.91 Å². The molecule has 0 bridgehead atoms. The molecule has 0 unspecified atom stereocenters. The van der Waals surface area contributed by atoms with Crippen LogP contribution < -0.4 is 44.3 Å². The van der Waals surface area contributed by atoms with Crippen LogP contribution in [0.2, 0.25) is 0 Å². The fourth-order valence-electron chi connectivity index (χ4n) is 2.19. The topological polar surface area (TPSA) is 65.0 Å². The van der Waals surface area contributed by atoms with E-state index in [9.17, 15) is 23.1 Å². The van der Waals surface area contributed by atoms with Crippen molar-refractivity contribution in [3.8, 4) is 113 Å². The van der Waals surface area contributed by atoms with E-state index in [4.69, 9.17) is 11.2 Å². The molecular formula is C29H6F3N2NaO3. The Bertz CT molecular complexity index is 1740. The number of ether oxygens (including phenoxy) is 1. The summed E-state index contributed by atoms with van der Waals surface area (Å²) in [7, 11) is 0. The average Bonchev–Trinajstić information content (AvgIpc) is 3.22. The van der Waals surface area contributed by atoms with Crippen molar-refractivity contribution < 1.29 is 57.4 Å². The fourth-order valence-corrected chi connectivity index (χ4v) is 2.19. The molecule has 0 atom stereocenters. The van der Waals surface area contributed by atoms with E-state index < -0.39 is 23.6 Å². The summed E-state index contributed by atoms with van der Waals surface area (Å²) in [5.74, 6) is 34.8. The summed E-state index contributed by atoms with van der Waals surface area (Å²) in [5, 5.41) is 10.9. The van der Waals surface area contributed by atoms with Crippen molar-refractivity contribution in [1.82, 2.24) is 0 Å². The van der Waals surface area contributed by atoms with E-state index in [-0.39, 0.29) is 52.2 Å². The summed E-state index contributed by atoms with van der Waals surface area (Å²) in [6.07, 6.45) is 2.03. The number of benzene rings is 1. The minimum absolute atomic E-state index is 0. The zero-order valence-corrected chi connectivity index (χ0v) is 21.2. The van der Waals surface area contributed by atoms with E-state index in [0.29, 0.717) is 0 Å². The monoisotopic (exact) mass is 510 g/mol. The van der Waals surface area contributed by atoms with Crippen LogP contribution in [0.4, 0.5) is 18.9 Å². The standard InChI is InChI=1S/C29H7F3N2O3.Na/c1-2-3-4-5-6-7-8-9-10-11-12-13-14-15-16-19-22-37-26-21-18-17-20-25(26)34-27(36)24(23-35)33-28(34)29(30,31)32;/h1,17-18,20-21,23,35H;/q;+1/p-1/b24-23+;. The Balaban J connectivity index is 0.00000722. The van der Waals surface area contributed by atoms with Crippen molar-refractivity contribution in [2.45, 2.75) is 6.18 Å². The quantitative estimate of drug-likeness (QED) is 0.204. The Hall–Kier alpha value is -5.47. The summed E-state index contributed by atoms with van der Waals surface area (Å²) in [6.45, 7) is 0. The number of rotatable bonds is 2. The Labute approximate surface area is 239 Å². The SMILES string of the molecule is C#CC#CC#CC#CC#CC#CC#CC#CC#COc1ccccc1N1C(=O)/C(=C\[O-])N=C1C(F)(F)F.[Na+]. The van der Waals surface area contributed by atoms with Gasteiger partial charge in [-0.05, 0) is 59.5 Å². The van der Waals surface area contributed by atoms with Crippen molar-refractivity contribution in [1.29, 1.82) is 0 Å². The van der Waals surface area contributed by atoms with E-state index >= 15 is 0 Å². The minimum Gasteiger partial charge on any atom is -0.876 e. The third kappa shape index (κ3) is 9.65. The molecule has 1 aromatic carbocycles. The number of halogens is 3. The van der Waals surface area contributed by atoms with Crippen LogP contribution in [0.25, 0.3) is 0 Å². The molecule has 1 amide bonds. The van der Waals surface area contributed by atoms with Gasteiger partial charge in [-0.25, -0.2) is 4.99 Å². The van der Waals surface area contributed by atoms with E-state index in [1.54, 1.807) is 0 Å². The number of anilines is 1. The van der Waals surface area contributed by atoms with Gasteiger partial charge in [0.15, 0.2) is 5.75 Å². The molecule has 38 heavy (non-hydrogen) atoms. The van der Waals surface area contributed by atoms with E-state index in [2.05, 4.69) is 106 Å². The fraction of sp³-hybridized carbons (Fsp3) is 0.0345. The second kappa shape index (κ2) is 16.2. The number of alkyl halides is 3. The van der Waals surface area contributed by atoms with Gasteiger partial charge in [0.05, 0.1) is 5.69 Å². The first-order valence-corrected chi connectivity index (χ1v) is 9.44. The van der Waals surface area contributed by atoms with Crippen molar-refractivity contribution in [3.05, 3.63) is 36.2 Å². The minimum atomic E-state index is -5.00. The van der Waals surface area contributed by atoms with Crippen LogP contribution in [-0.2, 0) is 4.79 Å². The van der Waals surface area contributed by atoms with Gasteiger partial charge in [0, 0.05) is 47.4 Å². The summed E-state index contributed by atoms with van der Waals surface area (Å²) in [6, 6.07) is 5.27. The zero-order chi connectivity index (χ0) is 26.9. The number of carbonyl (C=O) groups is 1. The summed E-state index contributed by atoms with van der Waals surface area (Å²) in [4.78, 5) is 15.6. The largest absolute Gasteiger partial charge is 1.00 e. The van der Waals surface area contributed by atoms with E-state index in [1.807, 2.05) is 0 Å². The molecule has 0 saturated heterocycles. The number of para-hydroxylation sites is 2. The molecule has 1 aromatic rings. The third-order valence-corrected chi connectivity index (χ3v) is 3.49. The smallest absolute Gasteiger partial charge is 0.876 e. The number of amides is 1. The maximum absolute atomic E-state index is 13.3. The molecular weight excluding hydrogens is 504 g/mol. The van der Waals surface area contributed by atoms with Crippen LogP contribution in [0.3, 0.4) is 0 Å². The van der Waals surface area contributed by atoms with Crippen LogP contribution in [0.1, 0.15) is 0 Å². The maximum atomic E-state index is 13.3. The molecule has 0 spiro atoms. The molecule has 0 aromatic heterocycles. The predicted molar refractivity (Wildman–Crippen MR) is 127 cm³/mol. The van der Waals surface area contributed by atoms with Gasteiger partial charge >= 0.3 is 35.7 Å². The second-order valence-electron chi connectivity index (χ2n) is 5.77. The van der Waals surface area contributed by atoms with Crippen LogP contribution in [-0.4, -0.2) is 17.9 Å². The van der Waals surface area contributed by atoms with Crippen LogP contribution in [0.5, 0.6) is 5.75 Å². The molecule has 0 fully saturated rings. The first kappa shape index (κ1) is 30.6. The van der Waals surface area contributed by atoms with Gasteiger partial charge < -0.3 is 9.84 Å². The van der Waals surface area contributed by atoms with Gasteiger partial charge in [0.2, 0.25) is 5.84 Å². The molecule has 0 aliphatic carbocycles. The molecule has 0 N–H and O–H groups in total. The molecule has 5 nitrogen and oxygen atoms in total. The number of aliphatic imine (C=N–C) groups is 1. The second-order valence-corrected chi connectivity index (χ2v) is 5.77. The molecule has 0 saturated carbocycles. The summed E-state index contributed by atoms with van der Waals surface area (Å²) >= 11 is 0. The van der Waals surface area contributed by atoms with Gasteiger partial charge in [-0.3, -0.25) is 9.69 Å². The molecule has 0 radical (unpaired) electrons. The number of amidine groups is 1. The number of hydrogen-bond donors (Lipinski definition) is 0. The Morgan fingerprint density at radius 1 is 0.842 bits per heavy atom. The number of carbonyl (C=O) groups excluding carboxylic acids is 1. The first-order valence-electron chi connectivity index (χ1n) is 9.44. The first-order chi connectivity index (χ1) is 17.9. The van der Waals surface area contributed by atoms with Crippen LogP contribution in [0.15, 0.2) is 41.2 Å². The normalized spacial score (nSPS) is 11.0. The zero-order valence-electron chi connectivity index (χ0n) is 19.2. The molecule has 2 rings (SSSR count). The number of hydrogen-bond acceptors (Lipinski definition) is 4. The van der Waals surface area contributed by atoms with Crippen molar-refractivity contribution >= 4 is 17.4 Å². The van der Waals surface area contributed by atoms with Gasteiger partial charge in [-0.1, -0.05) is 12.1 Å². The molecule has 172 valence electrons. The summed E-state index contributed by atoms with van der Waals surface area (Å²) < 4.78 is 45.2. The maximum Gasteiger partial charge on any atom is 1.00 e. The molecule has 9 heteroatoms. The molecule has 1 heterocycles. The Kier molecular flexibility index (Phi) is 13.1.